The fourth-order valence-electron chi connectivity index (χ4n) is 1.48. The minimum atomic E-state index is 0.00363. The molecule has 0 radical (unpaired) electrons. The van der Waals surface area contributed by atoms with Gasteiger partial charge in [-0.25, -0.2) is 0 Å². The molecule has 0 saturated carbocycles. The normalized spacial score (nSPS) is 10.1. The van der Waals surface area contributed by atoms with E-state index in [-0.39, 0.29) is 12.4 Å². The molecule has 94 valence electrons. The largest absolute Gasteiger partial charge is 0.497 e. The topological polar surface area (TPSA) is 35.5 Å². The van der Waals surface area contributed by atoms with Crippen LogP contribution in [0, 0.1) is 6.92 Å². The molecule has 0 atom stereocenters. The number of hydrogen-bond acceptors (Lipinski definition) is 4. The van der Waals surface area contributed by atoms with Crippen LogP contribution in [0.4, 0.5) is 0 Å². The molecule has 0 spiro atoms. The summed E-state index contributed by atoms with van der Waals surface area (Å²) >= 11 is 1.49. The number of hydrogen-bond donors (Lipinski definition) is 0. The molecule has 18 heavy (non-hydrogen) atoms. The first-order chi connectivity index (χ1) is 8.69. The Hall–Kier alpha value is -1.81. The summed E-state index contributed by atoms with van der Waals surface area (Å²) < 4.78 is 10.5. The molecule has 0 fully saturated rings. The van der Waals surface area contributed by atoms with Crippen molar-refractivity contribution in [2.45, 2.75) is 6.92 Å². The Bertz CT molecular complexity index is 528. The monoisotopic (exact) mass is 262 g/mol. The second-order valence-corrected chi connectivity index (χ2v) is 5.09. The van der Waals surface area contributed by atoms with Crippen LogP contribution in [0.2, 0.25) is 0 Å². The van der Waals surface area contributed by atoms with E-state index in [0.29, 0.717) is 5.75 Å². The van der Waals surface area contributed by atoms with Crippen LogP contribution in [0.5, 0.6) is 11.5 Å². The first-order valence-corrected chi connectivity index (χ1v) is 6.37. The summed E-state index contributed by atoms with van der Waals surface area (Å²) in [6.45, 7) is 2.04. The molecule has 2 rings (SSSR count). The van der Waals surface area contributed by atoms with E-state index in [9.17, 15) is 4.79 Å². The fraction of sp³-hybridized carbons (Fsp3) is 0.214. The van der Waals surface area contributed by atoms with E-state index in [2.05, 4.69) is 0 Å². The summed E-state index contributed by atoms with van der Waals surface area (Å²) in [6.07, 6.45) is 0. The number of thiophene rings is 1. The van der Waals surface area contributed by atoms with Crippen molar-refractivity contribution >= 4 is 17.1 Å². The lowest BCUT2D eigenvalue weighted by atomic mass is 10.3. The average Bonchev–Trinajstić information content (AvgIpc) is 2.83. The highest BCUT2D eigenvalue weighted by Crippen LogP contribution is 2.19. The van der Waals surface area contributed by atoms with E-state index in [1.807, 2.05) is 19.1 Å². The number of ketones is 1. The van der Waals surface area contributed by atoms with Crippen molar-refractivity contribution in [3.8, 4) is 11.5 Å². The molecule has 3 nitrogen and oxygen atoms in total. The number of carbonyl (C=O) groups is 1. The first kappa shape index (κ1) is 12.6. The van der Waals surface area contributed by atoms with Crippen molar-refractivity contribution in [2.75, 3.05) is 13.7 Å². The summed E-state index contributed by atoms with van der Waals surface area (Å²) in [5.74, 6) is 1.43. The number of benzene rings is 1. The van der Waals surface area contributed by atoms with Gasteiger partial charge >= 0.3 is 0 Å². The van der Waals surface area contributed by atoms with Gasteiger partial charge in [-0.15, -0.1) is 11.3 Å². The van der Waals surface area contributed by atoms with Crippen LogP contribution in [-0.4, -0.2) is 19.5 Å². The number of methoxy groups -OCH3 is 1. The maximum Gasteiger partial charge on any atom is 0.210 e. The van der Waals surface area contributed by atoms with Crippen LogP contribution < -0.4 is 9.47 Å². The second-order valence-electron chi connectivity index (χ2n) is 3.80. The summed E-state index contributed by atoms with van der Waals surface area (Å²) in [5, 5.41) is 0. The Morgan fingerprint density at radius 1 is 1.11 bits per heavy atom. The predicted octanol–water partition coefficient (Wildman–Crippen LogP) is 3.33. The van der Waals surface area contributed by atoms with Crippen molar-refractivity contribution in [3.05, 3.63) is 46.2 Å². The van der Waals surface area contributed by atoms with Crippen LogP contribution in [0.25, 0.3) is 0 Å². The van der Waals surface area contributed by atoms with Crippen molar-refractivity contribution in [1.82, 2.24) is 0 Å². The van der Waals surface area contributed by atoms with Gasteiger partial charge in [0, 0.05) is 4.88 Å². The molecule has 0 aliphatic heterocycles. The van der Waals surface area contributed by atoms with Gasteiger partial charge in [0.1, 0.15) is 11.5 Å². The quantitative estimate of drug-likeness (QED) is 0.775. The van der Waals surface area contributed by atoms with Gasteiger partial charge in [0.15, 0.2) is 6.61 Å². The van der Waals surface area contributed by atoms with Crippen molar-refractivity contribution in [2.24, 2.45) is 0 Å². The third-order valence-corrected chi connectivity index (χ3v) is 3.49. The van der Waals surface area contributed by atoms with E-state index >= 15 is 0 Å². The van der Waals surface area contributed by atoms with Gasteiger partial charge < -0.3 is 9.47 Å². The molecule has 4 heteroatoms. The van der Waals surface area contributed by atoms with Gasteiger partial charge in [-0.2, -0.15) is 0 Å². The molecule has 0 bridgehead atoms. The molecule has 0 unspecified atom stereocenters. The number of ether oxygens (including phenoxy) is 2. The first-order valence-electron chi connectivity index (χ1n) is 5.55. The van der Waals surface area contributed by atoms with Crippen LogP contribution in [0.3, 0.4) is 0 Å². The molecule has 0 aliphatic carbocycles. The summed E-state index contributed by atoms with van der Waals surface area (Å²) in [5.41, 5.74) is 0. The molecule has 0 aliphatic rings. The highest BCUT2D eigenvalue weighted by molar-refractivity contribution is 7.14. The van der Waals surface area contributed by atoms with Crippen molar-refractivity contribution in [3.63, 3.8) is 0 Å². The Morgan fingerprint density at radius 3 is 2.33 bits per heavy atom. The Morgan fingerprint density at radius 2 is 1.78 bits per heavy atom. The molecular weight excluding hydrogens is 248 g/mol. The molecule has 0 N–H and O–H groups in total. The summed E-state index contributed by atoms with van der Waals surface area (Å²) in [4.78, 5) is 13.7. The molecular formula is C14H14O3S. The van der Waals surface area contributed by atoms with E-state index < -0.39 is 0 Å². The highest BCUT2D eigenvalue weighted by Gasteiger charge is 2.08. The second kappa shape index (κ2) is 5.69. The van der Waals surface area contributed by atoms with Gasteiger partial charge in [-0.05, 0) is 43.3 Å². The smallest absolute Gasteiger partial charge is 0.210 e. The maximum atomic E-state index is 11.8. The van der Waals surface area contributed by atoms with Crippen molar-refractivity contribution < 1.29 is 14.3 Å². The average molecular weight is 262 g/mol. The zero-order valence-corrected chi connectivity index (χ0v) is 11.1. The van der Waals surface area contributed by atoms with E-state index in [4.69, 9.17) is 9.47 Å². The number of rotatable bonds is 5. The number of Topliss-reactive ketones (excluding diaryl/α,β-unsaturated/α-hetero) is 1. The molecule has 2 aromatic rings. The predicted molar refractivity (Wildman–Crippen MR) is 71.9 cm³/mol. The molecule has 0 amide bonds. The molecule has 1 aromatic carbocycles. The third-order valence-electron chi connectivity index (χ3n) is 2.44. The lowest BCUT2D eigenvalue weighted by Crippen LogP contribution is -2.09. The maximum absolute atomic E-state index is 11.8. The van der Waals surface area contributed by atoms with Gasteiger partial charge in [-0.3, -0.25) is 4.79 Å². The minimum Gasteiger partial charge on any atom is -0.497 e. The SMILES string of the molecule is COc1ccc(OCC(=O)c2ccc(C)s2)cc1. The van der Waals surface area contributed by atoms with Gasteiger partial charge in [0.2, 0.25) is 5.78 Å². The van der Waals surface area contributed by atoms with Gasteiger partial charge in [-0.1, -0.05) is 0 Å². The third kappa shape index (κ3) is 3.11. The van der Waals surface area contributed by atoms with E-state index in [1.54, 1.807) is 31.4 Å². The Balaban J connectivity index is 1.92. The molecule has 0 saturated heterocycles. The van der Waals surface area contributed by atoms with Crippen molar-refractivity contribution in [1.29, 1.82) is 0 Å². The Kier molecular flexibility index (Phi) is 3.99. The lowest BCUT2D eigenvalue weighted by Gasteiger charge is -2.05. The highest BCUT2D eigenvalue weighted by atomic mass is 32.1. The fourth-order valence-corrected chi connectivity index (χ4v) is 2.27. The molecule has 1 heterocycles. The van der Waals surface area contributed by atoms with Gasteiger partial charge in [0.25, 0.3) is 0 Å². The summed E-state index contributed by atoms with van der Waals surface area (Å²) in [7, 11) is 1.61. The van der Waals surface area contributed by atoms with E-state index in [0.717, 1.165) is 15.5 Å². The minimum absolute atomic E-state index is 0.00363. The molecule has 1 aromatic heterocycles. The van der Waals surface area contributed by atoms with Crippen LogP contribution in [0.1, 0.15) is 14.5 Å². The van der Waals surface area contributed by atoms with E-state index in [1.165, 1.54) is 11.3 Å². The zero-order chi connectivity index (χ0) is 13.0. The zero-order valence-electron chi connectivity index (χ0n) is 10.3. The van der Waals surface area contributed by atoms with Crippen LogP contribution >= 0.6 is 11.3 Å². The number of carbonyl (C=O) groups excluding carboxylic acids is 1. The van der Waals surface area contributed by atoms with Crippen LogP contribution in [-0.2, 0) is 0 Å². The summed E-state index contributed by atoms with van der Waals surface area (Å²) in [6, 6.07) is 10.9. The number of aryl methyl sites for hydroxylation is 1. The van der Waals surface area contributed by atoms with Crippen LogP contribution in [0.15, 0.2) is 36.4 Å². The Labute approximate surface area is 110 Å². The lowest BCUT2D eigenvalue weighted by molar-refractivity contribution is 0.0925. The van der Waals surface area contributed by atoms with Gasteiger partial charge in [0.05, 0.1) is 12.0 Å². The standard InChI is InChI=1S/C14H14O3S/c1-10-3-8-14(18-10)13(15)9-17-12-6-4-11(16-2)5-7-12/h3-8H,9H2,1-2H3.